The number of hydrogen-bond acceptors (Lipinski definition) is 2. The van der Waals surface area contributed by atoms with E-state index in [1.54, 1.807) is 6.07 Å². The Kier molecular flexibility index (Phi) is 2.34. The number of rotatable bonds is 0. The third-order valence-corrected chi connectivity index (χ3v) is 2.55. The standard InChI is InChI=1S/C10H10F3NO/c11-10(12,13)9-4-7-3-8(15)2-1-6(7)5-14-9/h1-3,9,14-15H,4-5H2. The Morgan fingerprint density at radius 1 is 1.27 bits per heavy atom. The Bertz CT molecular complexity index is 375. The molecule has 1 aromatic rings. The predicted octanol–water partition coefficient (Wildman–Crippen LogP) is 1.97. The summed E-state index contributed by atoms with van der Waals surface area (Å²) in [7, 11) is 0. The fourth-order valence-corrected chi connectivity index (χ4v) is 1.73. The minimum atomic E-state index is -4.23. The van der Waals surface area contributed by atoms with Crippen molar-refractivity contribution in [1.82, 2.24) is 5.32 Å². The van der Waals surface area contributed by atoms with Gasteiger partial charge in [0.1, 0.15) is 11.8 Å². The Morgan fingerprint density at radius 2 is 2.00 bits per heavy atom. The molecular formula is C10H10F3NO. The van der Waals surface area contributed by atoms with Gasteiger partial charge in [-0.1, -0.05) is 6.07 Å². The second kappa shape index (κ2) is 3.41. The zero-order valence-corrected chi connectivity index (χ0v) is 7.80. The quantitative estimate of drug-likeness (QED) is 0.696. The lowest BCUT2D eigenvalue weighted by Crippen LogP contribution is -2.46. The second-order valence-electron chi connectivity index (χ2n) is 3.63. The monoisotopic (exact) mass is 217 g/mol. The molecule has 0 radical (unpaired) electrons. The summed E-state index contributed by atoms with van der Waals surface area (Å²) in [4.78, 5) is 0. The van der Waals surface area contributed by atoms with E-state index >= 15 is 0 Å². The van der Waals surface area contributed by atoms with E-state index in [-0.39, 0.29) is 18.7 Å². The lowest BCUT2D eigenvalue weighted by molar-refractivity contribution is -0.157. The maximum atomic E-state index is 12.4. The third-order valence-electron chi connectivity index (χ3n) is 2.55. The van der Waals surface area contributed by atoms with Crippen LogP contribution in [0.15, 0.2) is 18.2 Å². The summed E-state index contributed by atoms with van der Waals surface area (Å²) in [6.07, 6.45) is -4.35. The second-order valence-corrected chi connectivity index (χ2v) is 3.63. The van der Waals surface area contributed by atoms with Crippen molar-refractivity contribution in [3.63, 3.8) is 0 Å². The molecule has 82 valence electrons. The van der Waals surface area contributed by atoms with Crippen LogP contribution in [0.3, 0.4) is 0 Å². The van der Waals surface area contributed by atoms with Gasteiger partial charge in [-0.25, -0.2) is 0 Å². The van der Waals surface area contributed by atoms with E-state index in [4.69, 9.17) is 0 Å². The summed E-state index contributed by atoms with van der Waals surface area (Å²) in [6, 6.07) is 3.01. The molecule has 1 atom stereocenters. The van der Waals surface area contributed by atoms with Crippen molar-refractivity contribution in [3.05, 3.63) is 29.3 Å². The number of aromatic hydroxyl groups is 1. The summed E-state index contributed by atoms with van der Waals surface area (Å²) in [5.41, 5.74) is 1.38. The number of hydrogen-bond donors (Lipinski definition) is 2. The van der Waals surface area contributed by atoms with E-state index < -0.39 is 12.2 Å². The molecule has 0 aliphatic carbocycles. The van der Waals surface area contributed by atoms with E-state index in [0.29, 0.717) is 5.56 Å². The first-order valence-corrected chi connectivity index (χ1v) is 4.57. The number of alkyl halides is 3. The normalized spacial score (nSPS) is 21.1. The summed E-state index contributed by atoms with van der Waals surface area (Å²) < 4.78 is 37.2. The van der Waals surface area contributed by atoms with Crippen LogP contribution in [0.1, 0.15) is 11.1 Å². The number of phenols is 1. The predicted molar refractivity (Wildman–Crippen MR) is 48.5 cm³/mol. The number of halogens is 3. The number of fused-ring (bicyclic) bond motifs is 1. The van der Waals surface area contributed by atoms with E-state index in [1.807, 2.05) is 0 Å². The van der Waals surface area contributed by atoms with Crippen molar-refractivity contribution < 1.29 is 18.3 Å². The van der Waals surface area contributed by atoms with Gasteiger partial charge >= 0.3 is 6.18 Å². The zero-order valence-electron chi connectivity index (χ0n) is 7.80. The highest BCUT2D eigenvalue weighted by atomic mass is 19.4. The van der Waals surface area contributed by atoms with Crippen molar-refractivity contribution in [2.45, 2.75) is 25.2 Å². The van der Waals surface area contributed by atoms with Crippen molar-refractivity contribution >= 4 is 0 Å². The van der Waals surface area contributed by atoms with E-state index in [0.717, 1.165) is 5.56 Å². The average Bonchev–Trinajstić information content (AvgIpc) is 2.15. The minimum Gasteiger partial charge on any atom is -0.508 e. The van der Waals surface area contributed by atoms with Crippen LogP contribution in [0.2, 0.25) is 0 Å². The summed E-state index contributed by atoms with van der Waals surface area (Å²) in [6.45, 7) is 0.194. The van der Waals surface area contributed by atoms with Crippen LogP contribution in [0.25, 0.3) is 0 Å². The molecule has 1 heterocycles. The van der Waals surface area contributed by atoms with Gasteiger partial charge in [-0.05, 0) is 29.7 Å². The Morgan fingerprint density at radius 3 is 2.67 bits per heavy atom. The van der Waals surface area contributed by atoms with Crippen LogP contribution in [-0.4, -0.2) is 17.3 Å². The lowest BCUT2D eigenvalue weighted by Gasteiger charge is -2.27. The van der Waals surface area contributed by atoms with Gasteiger partial charge in [-0.15, -0.1) is 0 Å². The smallest absolute Gasteiger partial charge is 0.404 e. The molecule has 0 bridgehead atoms. The van der Waals surface area contributed by atoms with E-state index in [1.165, 1.54) is 12.1 Å². The number of nitrogens with one attached hydrogen (secondary N) is 1. The summed E-state index contributed by atoms with van der Waals surface area (Å²) >= 11 is 0. The molecule has 2 N–H and O–H groups in total. The van der Waals surface area contributed by atoms with Crippen LogP contribution < -0.4 is 5.32 Å². The summed E-state index contributed by atoms with van der Waals surface area (Å²) in [5, 5.41) is 11.6. The van der Waals surface area contributed by atoms with Crippen LogP contribution in [-0.2, 0) is 13.0 Å². The first-order valence-electron chi connectivity index (χ1n) is 4.57. The highest BCUT2D eigenvalue weighted by Crippen LogP contribution is 2.29. The molecule has 15 heavy (non-hydrogen) atoms. The van der Waals surface area contributed by atoms with Crippen molar-refractivity contribution in [3.8, 4) is 5.75 Å². The minimum absolute atomic E-state index is 0.0107. The van der Waals surface area contributed by atoms with Crippen molar-refractivity contribution in [1.29, 1.82) is 0 Å². The van der Waals surface area contributed by atoms with Gasteiger partial charge in [-0.2, -0.15) is 13.2 Å². The zero-order chi connectivity index (χ0) is 11.1. The third kappa shape index (κ3) is 2.07. The maximum absolute atomic E-state index is 12.4. The van der Waals surface area contributed by atoms with Gasteiger partial charge < -0.3 is 10.4 Å². The molecule has 0 amide bonds. The van der Waals surface area contributed by atoms with E-state index in [2.05, 4.69) is 5.32 Å². The molecule has 5 heteroatoms. The topological polar surface area (TPSA) is 32.3 Å². The molecule has 0 saturated carbocycles. The van der Waals surface area contributed by atoms with E-state index in [9.17, 15) is 18.3 Å². The largest absolute Gasteiger partial charge is 0.508 e. The first-order chi connectivity index (χ1) is 6.97. The molecule has 1 aliphatic heterocycles. The van der Waals surface area contributed by atoms with Crippen LogP contribution >= 0.6 is 0 Å². The van der Waals surface area contributed by atoms with Gasteiger partial charge in [0.25, 0.3) is 0 Å². The molecule has 2 nitrogen and oxygen atoms in total. The molecule has 0 aromatic heterocycles. The van der Waals surface area contributed by atoms with Gasteiger partial charge in [0.2, 0.25) is 0 Å². The molecule has 1 aromatic carbocycles. The fraction of sp³-hybridized carbons (Fsp3) is 0.400. The molecule has 1 unspecified atom stereocenters. The molecule has 0 spiro atoms. The van der Waals surface area contributed by atoms with Crippen LogP contribution in [0.5, 0.6) is 5.75 Å². The SMILES string of the molecule is Oc1ccc2c(c1)CC(C(F)(F)F)NC2. The van der Waals surface area contributed by atoms with Gasteiger partial charge in [0, 0.05) is 6.54 Å². The van der Waals surface area contributed by atoms with Gasteiger partial charge in [-0.3, -0.25) is 0 Å². The van der Waals surface area contributed by atoms with Crippen LogP contribution in [0.4, 0.5) is 13.2 Å². The fourth-order valence-electron chi connectivity index (χ4n) is 1.73. The molecule has 0 fully saturated rings. The molecule has 0 saturated heterocycles. The maximum Gasteiger partial charge on any atom is 0.404 e. The Labute approximate surface area is 84.7 Å². The average molecular weight is 217 g/mol. The highest BCUT2D eigenvalue weighted by molar-refractivity contribution is 5.37. The van der Waals surface area contributed by atoms with Gasteiger partial charge in [0.15, 0.2) is 0 Å². The lowest BCUT2D eigenvalue weighted by atomic mass is 9.95. The molecular weight excluding hydrogens is 207 g/mol. The molecule has 1 aliphatic rings. The summed E-state index contributed by atoms with van der Waals surface area (Å²) in [5.74, 6) is 0.0107. The van der Waals surface area contributed by atoms with Crippen molar-refractivity contribution in [2.24, 2.45) is 0 Å². The Balaban J connectivity index is 2.26. The Hall–Kier alpha value is -1.23. The molecule has 2 rings (SSSR count). The number of phenolic OH excluding ortho intramolecular Hbond substituents is 1. The van der Waals surface area contributed by atoms with Crippen molar-refractivity contribution in [2.75, 3.05) is 0 Å². The number of benzene rings is 1. The first kappa shape index (κ1) is 10.3. The highest BCUT2D eigenvalue weighted by Gasteiger charge is 2.41. The van der Waals surface area contributed by atoms with Crippen LogP contribution in [0, 0.1) is 0 Å². The van der Waals surface area contributed by atoms with Gasteiger partial charge in [0.05, 0.1) is 0 Å².